The van der Waals surface area contributed by atoms with Gasteiger partial charge in [0, 0.05) is 61.1 Å². The van der Waals surface area contributed by atoms with Crippen molar-refractivity contribution in [3.63, 3.8) is 0 Å². The van der Waals surface area contributed by atoms with Gasteiger partial charge in [-0.1, -0.05) is 18.2 Å². The van der Waals surface area contributed by atoms with Crippen LogP contribution in [-0.2, 0) is 10.0 Å². The number of nitrogens with zero attached hydrogens (tertiary/aromatic N) is 3. The summed E-state index contributed by atoms with van der Waals surface area (Å²) in [6.07, 6.45) is 1.16. The molecule has 1 fully saturated rings. The SMILES string of the molecule is O=S(=O)(Nc1ncns1)c1ccc2c(c1)OCC[C@@H]2N1CCC(F)(F)C[C@@H]1c1ccc(F)cc1. The van der Waals surface area contributed by atoms with E-state index in [1.807, 2.05) is 4.90 Å². The number of halogens is 3. The minimum Gasteiger partial charge on any atom is -0.493 e. The van der Waals surface area contributed by atoms with Crippen molar-refractivity contribution in [3.8, 4) is 5.75 Å². The molecule has 7 nitrogen and oxygen atoms in total. The highest BCUT2D eigenvalue weighted by molar-refractivity contribution is 7.93. The smallest absolute Gasteiger partial charge is 0.263 e. The first-order valence-corrected chi connectivity index (χ1v) is 12.9. The number of sulfonamides is 1. The van der Waals surface area contributed by atoms with E-state index >= 15 is 0 Å². The number of aromatic nitrogens is 2. The van der Waals surface area contributed by atoms with Crippen molar-refractivity contribution in [2.75, 3.05) is 17.9 Å². The Morgan fingerprint density at radius 3 is 2.68 bits per heavy atom. The van der Waals surface area contributed by atoms with Gasteiger partial charge in [-0.15, -0.1) is 0 Å². The average molecular weight is 511 g/mol. The lowest BCUT2D eigenvalue weighted by atomic mass is 9.88. The number of hydrogen-bond acceptors (Lipinski definition) is 7. The van der Waals surface area contributed by atoms with Gasteiger partial charge in [0.05, 0.1) is 11.5 Å². The quantitative estimate of drug-likeness (QED) is 0.532. The fraction of sp³-hybridized carbons (Fsp3) is 0.364. The maximum absolute atomic E-state index is 14.4. The molecule has 180 valence electrons. The van der Waals surface area contributed by atoms with Crippen LogP contribution >= 0.6 is 11.5 Å². The molecule has 0 spiro atoms. The molecule has 2 aliphatic heterocycles. The first kappa shape index (κ1) is 23.1. The molecule has 12 heteroatoms. The number of rotatable bonds is 5. The van der Waals surface area contributed by atoms with Crippen LogP contribution in [0.1, 0.15) is 42.5 Å². The summed E-state index contributed by atoms with van der Waals surface area (Å²) >= 11 is 0.917. The molecule has 0 radical (unpaired) electrons. The Morgan fingerprint density at radius 1 is 1.15 bits per heavy atom. The Labute approximate surface area is 198 Å². The van der Waals surface area contributed by atoms with E-state index in [-0.39, 0.29) is 35.5 Å². The number of anilines is 1. The lowest BCUT2D eigenvalue weighted by Gasteiger charge is -2.45. The van der Waals surface area contributed by atoms with Crippen molar-refractivity contribution in [3.05, 3.63) is 65.7 Å². The normalized spacial score (nSPS) is 22.6. The Kier molecular flexibility index (Phi) is 5.98. The van der Waals surface area contributed by atoms with Crippen molar-refractivity contribution >= 4 is 26.7 Å². The standard InChI is InChI=1S/C22H21F3N4O3S2/c23-15-3-1-14(2-4-15)19-12-22(24,25)8-9-29(19)18-7-10-32-20-11-16(5-6-17(18)20)34(30,31)28-21-26-13-27-33-21/h1-6,11,13,18-19H,7-10,12H2,(H,26,27,28)/t18-,19+/m0/s1. The fourth-order valence-electron chi connectivity index (χ4n) is 4.57. The van der Waals surface area contributed by atoms with Crippen LogP contribution in [0.5, 0.6) is 5.75 Å². The highest BCUT2D eigenvalue weighted by Gasteiger charge is 2.44. The van der Waals surface area contributed by atoms with Crippen LogP contribution in [-0.4, -0.2) is 41.7 Å². The monoisotopic (exact) mass is 510 g/mol. The summed E-state index contributed by atoms with van der Waals surface area (Å²) in [5, 5.41) is 0.146. The van der Waals surface area contributed by atoms with Crippen LogP contribution < -0.4 is 9.46 Å². The number of nitrogens with one attached hydrogen (secondary N) is 1. The van der Waals surface area contributed by atoms with Crippen molar-refractivity contribution in [2.45, 2.75) is 42.2 Å². The van der Waals surface area contributed by atoms with Crippen molar-refractivity contribution in [1.29, 1.82) is 0 Å². The van der Waals surface area contributed by atoms with E-state index in [1.54, 1.807) is 18.2 Å². The third kappa shape index (κ3) is 4.62. The Hall–Kier alpha value is -2.70. The molecule has 3 heterocycles. The van der Waals surface area contributed by atoms with Gasteiger partial charge in [0.2, 0.25) is 5.13 Å². The second-order valence-electron chi connectivity index (χ2n) is 8.32. The van der Waals surface area contributed by atoms with Gasteiger partial charge in [0.1, 0.15) is 17.9 Å². The van der Waals surface area contributed by atoms with Crippen molar-refractivity contribution in [2.24, 2.45) is 0 Å². The molecule has 0 aliphatic carbocycles. The molecule has 0 unspecified atom stereocenters. The lowest BCUT2D eigenvalue weighted by molar-refractivity contribution is -0.0931. The van der Waals surface area contributed by atoms with E-state index in [0.29, 0.717) is 24.3 Å². The molecule has 0 amide bonds. The molecule has 0 bridgehead atoms. The molecule has 5 rings (SSSR count). The van der Waals surface area contributed by atoms with Crippen LogP contribution in [0.15, 0.2) is 53.7 Å². The number of benzene rings is 2. The molecule has 1 saturated heterocycles. The molecule has 0 saturated carbocycles. The largest absolute Gasteiger partial charge is 0.493 e. The van der Waals surface area contributed by atoms with Crippen molar-refractivity contribution in [1.82, 2.24) is 14.3 Å². The molecule has 1 N–H and O–H groups in total. The Morgan fingerprint density at radius 2 is 1.94 bits per heavy atom. The first-order chi connectivity index (χ1) is 16.2. The molecule has 34 heavy (non-hydrogen) atoms. The minimum absolute atomic E-state index is 0.00219. The zero-order chi connectivity index (χ0) is 23.9. The lowest BCUT2D eigenvalue weighted by Crippen LogP contribution is -2.44. The van der Waals surface area contributed by atoms with Gasteiger partial charge in [-0.05, 0) is 23.8 Å². The third-order valence-electron chi connectivity index (χ3n) is 6.17. The number of fused-ring (bicyclic) bond motifs is 1. The topological polar surface area (TPSA) is 84.4 Å². The predicted molar refractivity (Wildman–Crippen MR) is 120 cm³/mol. The molecule has 2 atom stereocenters. The average Bonchev–Trinajstić information content (AvgIpc) is 3.31. The van der Waals surface area contributed by atoms with Crippen LogP contribution in [0.3, 0.4) is 0 Å². The first-order valence-electron chi connectivity index (χ1n) is 10.7. The highest BCUT2D eigenvalue weighted by Crippen LogP contribution is 2.47. The summed E-state index contributed by atoms with van der Waals surface area (Å²) in [5.41, 5.74) is 1.35. The number of likely N-dealkylation sites (tertiary alicyclic amines) is 1. The second-order valence-corrected chi connectivity index (χ2v) is 10.8. The summed E-state index contributed by atoms with van der Waals surface area (Å²) in [6, 6.07) is 9.37. The summed E-state index contributed by atoms with van der Waals surface area (Å²) in [6.45, 7) is 0.464. The zero-order valence-corrected chi connectivity index (χ0v) is 19.5. The third-order valence-corrected chi connectivity index (χ3v) is 8.22. The number of hydrogen-bond donors (Lipinski definition) is 1. The van der Waals surface area contributed by atoms with E-state index < -0.39 is 27.8 Å². The van der Waals surface area contributed by atoms with E-state index in [0.717, 1.165) is 17.1 Å². The molecule has 3 aromatic rings. The van der Waals surface area contributed by atoms with Crippen LogP contribution in [0.4, 0.5) is 18.3 Å². The van der Waals surface area contributed by atoms with Crippen LogP contribution in [0, 0.1) is 5.82 Å². The number of alkyl halides is 2. The molecule has 2 aliphatic rings. The van der Waals surface area contributed by atoms with Crippen LogP contribution in [0.25, 0.3) is 0 Å². The van der Waals surface area contributed by atoms with E-state index in [2.05, 4.69) is 14.1 Å². The van der Waals surface area contributed by atoms with E-state index in [4.69, 9.17) is 4.74 Å². The maximum Gasteiger partial charge on any atom is 0.263 e. The predicted octanol–water partition coefficient (Wildman–Crippen LogP) is 4.77. The minimum atomic E-state index is -3.90. The molecule has 1 aromatic heterocycles. The van der Waals surface area contributed by atoms with E-state index in [9.17, 15) is 21.6 Å². The van der Waals surface area contributed by atoms with Gasteiger partial charge in [-0.3, -0.25) is 9.62 Å². The summed E-state index contributed by atoms with van der Waals surface area (Å²) in [4.78, 5) is 5.84. The fourth-order valence-corrected chi connectivity index (χ4v) is 6.25. The van der Waals surface area contributed by atoms with Gasteiger partial charge in [-0.25, -0.2) is 26.6 Å². The van der Waals surface area contributed by atoms with Gasteiger partial charge in [0.15, 0.2) is 0 Å². The molecular formula is C22H21F3N4O3S2. The molecular weight excluding hydrogens is 489 g/mol. The van der Waals surface area contributed by atoms with Crippen LogP contribution in [0.2, 0.25) is 0 Å². The van der Waals surface area contributed by atoms with Crippen molar-refractivity contribution < 1.29 is 26.3 Å². The summed E-state index contributed by atoms with van der Waals surface area (Å²) in [7, 11) is -3.90. The summed E-state index contributed by atoms with van der Waals surface area (Å²) in [5.74, 6) is -2.85. The maximum atomic E-state index is 14.4. The Bertz CT molecular complexity index is 1270. The zero-order valence-electron chi connectivity index (χ0n) is 17.8. The highest BCUT2D eigenvalue weighted by atomic mass is 32.2. The number of piperidine rings is 1. The molecule has 2 aromatic carbocycles. The van der Waals surface area contributed by atoms with Gasteiger partial charge in [-0.2, -0.15) is 4.37 Å². The van der Waals surface area contributed by atoms with Gasteiger partial charge >= 0.3 is 0 Å². The second kappa shape index (κ2) is 8.82. The van der Waals surface area contributed by atoms with Gasteiger partial charge in [0.25, 0.3) is 15.9 Å². The number of ether oxygens (including phenoxy) is 1. The Balaban J connectivity index is 1.46. The van der Waals surface area contributed by atoms with E-state index in [1.165, 1.54) is 30.6 Å². The van der Waals surface area contributed by atoms with Gasteiger partial charge < -0.3 is 4.74 Å². The summed E-state index contributed by atoms with van der Waals surface area (Å²) < 4.78 is 79.7.